The zero-order valence-corrected chi connectivity index (χ0v) is 13.9. The molecule has 0 spiro atoms. The minimum atomic E-state index is -0.787. The summed E-state index contributed by atoms with van der Waals surface area (Å²) in [5, 5.41) is 4.23. The largest absolute Gasteiger partial charge is 0.455 e. The molecule has 0 N–H and O–H groups in total. The van der Waals surface area contributed by atoms with Crippen LogP contribution in [0.4, 0.5) is 8.78 Å². The van der Waals surface area contributed by atoms with E-state index in [9.17, 15) is 13.6 Å². The third kappa shape index (κ3) is 3.97. The van der Waals surface area contributed by atoms with E-state index < -0.39 is 17.6 Å². The fourth-order valence-electron chi connectivity index (χ4n) is 2.07. The highest BCUT2D eigenvalue weighted by atomic mass is 35.5. The number of nitrogens with zero attached hydrogens (tertiary/aromatic N) is 1. The van der Waals surface area contributed by atoms with E-state index in [2.05, 4.69) is 5.16 Å². The number of halogens is 4. The maximum Gasteiger partial charge on any atom is 0.340 e. The lowest BCUT2D eigenvalue weighted by atomic mass is 10.1. The van der Waals surface area contributed by atoms with Gasteiger partial charge in [-0.05, 0) is 30.3 Å². The molecule has 0 saturated carbocycles. The Kier molecular flexibility index (Phi) is 5.01. The van der Waals surface area contributed by atoms with Gasteiger partial charge >= 0.3 is 5.97 Å². The maximum atomic E-state index is 13.7. The van der Waals surface area contributed by atoms with Crippen LogP contribution < -0.4 is 0 Å². The zero-order chi connectivity index (χ0) is 18.0. The summed E-state index contributed by atoms with van der Waals surface area (Å²) in [4.78, 5) is 12.0. The van der Waals surface area contributed by atoms with Gasteiger partial charge in [0.05, 0.1) is 16.1 Å². The Balaban J connectivity index is 1.71. The highest BCUT2D eigenvalue weighted by molar-refractivity contribution is 6.35. The number of carbonyl (C=O) groups is 1. The monoisotopic (exact) mass is 383 g/mol. The number of carbonyl (C=O) groups excluding carboxylic acids is 1. The Labute approximate surface area is 150 Å². The van der Waals surface area contributed by atoms with Crippen LogP contribution >= 0.6 is 23.2 Å². The Morgan fingerprint density at radius 2 is 1.92 bits per heavy atom. The molecule has 3 rings (SSSR count). The van der Waals surface area contributed by atoms with Crippen LogP contribution in [-0.4, -0.2) is 11.1 Å². The van der Waals surface area contributed by atoms with Crippen molar-refractivity contribution in [2.24, 2.45) is 0 Å². The van der Waals surface area contributed by atoms with Crippen LogP contribution in [-0.2, 0) is 11.3 Å². The van der Waals surface area contributed by atoms with Crippen molar-refractivity contribution in [3.05, 3.63) is 75.4 Å². The van der Waals surface area contributed by atoms with Crippen molar-refractivity contribution in [2.45, 2.75) is 6.61 Å². The van der Waals surface area contributed by atoms with Crippen LogP contribution in [0.15, 0.2) is 47.0 Å². The second kappa shape index (κ2) is 7.21. The third-order valence-electron chi connectivity index (χ3n) is 3.26. The molecule has 25 heavy (non-hydrogen) atoms. The summed E-state index contributed by atoms with van der Waals surface area (Å²) < 4.78 is 36.8. The van der Waals surface area contributed by atoms with Crippen LogP contribution in [0, 0.1) is 11.6 Å². The number of benzene rings is 2. The Hall–Kier alpha value is -2.44. The fraction of sp³-hybridized carbons (Fsp3) is 0.0588. The number of aromatic nitrogens is 1. The molecule has 0 saturated heterocycles. The van der Waals surface area contributed by atoms with Gasteiger partial charge in [0.2, 0.25) is 0 Å². The molecule has 0 radical (unpaired) electrons. The summed E-state index contributed by atoms with van der Waals surface area (Å²) in [6.45, 7) is -0.214. The van der Waals surface area contributed by atoms with E-state index in [-0.39, 0.29) is 34.2 Å². The molecule has 1 aromatic heterocycles. The normalized spacial score (nSPS) is 10.7. The van der Waals surface area contributed by atoms with E-state index in [4.69, 9.17) is 32.5 Å². The number of ether oxygens (including phenoxy) is 1. The molecule has 3 aromatic rings. The lowest BCUT2D eigenvalue weighted by Gasteiger charge is -2.04. The number of rotatable bonds is 4. The van der Waals surface area contributed by atoms with Crippen LogP contribution in [0.3, 0.4) is 0 Å². The van der Waals surface area contributed by atoms with Gasteiger partial charge in [-0.2, -0.15) is 0 Å². The van der Waals surface area contributed by atoms with Gasteiger partial charge < -0.3 is 9.26 Å². The molecule has 0 bridgehead atoms. The van der Waals surface area contributed by atoms with Crippen molar-refractivity contribution in [3.63, 3.8) is 0 Å². The van der Waals surface area contributed by atoms with Crippen LogP contribution in [0.5, 0.6) is 0 Å². The molecule has 4 nitrogen and oxygen atoms in total. The van der Waals surface area contributed by atoms with Gasteiger partial charge in [0.15, 0.2) is 5.76 Å². The molecule has 0 aliphatic heterocycles. The molecule has 2 aromatic carbocycles. The first-order valence-corrected chi connectivity index (χ1v) is 7.73. The van der Waals surface area contributed by atoms with Gasteiger partial charge in [-0.1, -0.05) is 28.4 Å². The second-order valence-electron chi connectivity index (χ2n) is 5.01. The fourth-order valence-corrected chi connectivity index (χ4v) is 2.43. The summed E-state index contributed by atoms with van der Waals surface area (Å²) in [7, 11) is 0. The second-order valence-corrected chi connectivity index (χ2v) is 5.85. The van der Waals surface area contributed by atoms with E-state index in [1.165, 1.54) is 24.3 Å². The predicted molar refractivity (Wildman–Crippen MR) is 87.4 cm³/mol. The Bertz CT molecular complexity index is 943. The van der Waals surface area contributed by atoms with Crippen molar-refractivity contribution >= 4 is 29.2 Å². The quantitative estimate of drug-likeness (QED) is 0.574. The predicted octanol–water partition coefficient (Wildman–Crippen LogP) is 5.28. The van der Waals surface area contributed by atoms with Crippen molar-refractivity contribution < 1.29 is 22.8 Å². The Morgan fingerprint density at radius 3 is 2.68 bits per heavy atom. The lowest BCUT2D eigenvalue weighted by Crippen LogP contribution is -2.06. The van der Waals surface area contributed by atoms with Gasteiger partial charge in [0.25, 0.3) is 0 Å². The molecule has 0 fully saturated rings. The molecule has 1 heterocycles. The topological polar surface area (TPSA) is 52.3 Å². The Morgan fingerprint density at radius 1 is 1.12 bits per heavy atom. The lowest BCUT2D eigenvalue weighted by molar-refractivity contribution is 0.0464. The van der Waals surface area contributed by atoms with Crippen molar-refractivity contribution in [3.8, 4) is 11.3 Å². The number of esters is 1. The van der Waals surface area contributed by atoms with Gasteiger partial charge in [0, 0.05) is 17.2 Å². The van der Waals surface area contributed by atoms with Crippen LogP contribution in [0.25, 0.3) is 11.3 Å². The summed E-state index contributed by atoms with van der Waals surface area (Å²) in [5.41, 5.74) is 0.414. The van der Waals surface area contributed by atoms with Crippen molar-refractivity contribution in [1.29, 1.82) is 0 Å². The first kappa shape index (κ1) is 17.4. The molecular weight excluding hydrogens is 375 g/mol. The van der Waals surface area contributed by atoms with Crippen LogP contribution in [0.1, 0.15) is 16.1 Å². The molecule has 0 aliphatic carbocycles. The first-order valence-electron chi connectivity index (χ1n) is 6.97. The summed E-state index contributed by atoms with van der Waals surface area (Å²) in [6, 6.07) is 8.86. The number of hydrogen-bond acceptors (Lipinski definition) is 4. The van der Waals surface area contributed by atoms with Crippen molar-refractivity contribution in [2.75, 3.05) is 0 Å². The average Bonchev–Trinajstić information content (AvgIpc) is 3.03. The average molecular weight is 384 g/mol. The maximum absolute atomic E-state index is 13.7. The smallest absolute Gasteiger partial charge is 0.340 e. The molecule has 0 unspecified atom stereocenters. The van der Waals surface area contributed by atoms with E-state index >= 15 is 0 Å². The minimum absolute atomic E-state index is 0.0457. The molecule has 0 aliphatic rings. The van der Waals surface area contributed by atoms with E-state index in [0.717, 1.165) is 12.1 Å². The summed E-state index contributed by atoms with van der Waals surface area (Å²) >= 11 is 11.7. The van der Waals surface area contributed by atoms with Gasteiger partial charge in [-0.25, -0.2) is 13.6 Å². The molecule has 8 heteroatoms. The van der Waals surface area contributed by atoms with E-state index in [0.29, 0.717) is 5.02 Å². The first-order chi connectivity index (χ1) is 11.9. The summed E-state index contributed by atoms with van der Waals surface area (Å²) in [5.74, 6) is -2.09. The van der Waals surface area contributed by atoms with Crippen LogP contribution in [0.2, 0.25) is 10.0 Å². The third-order valence-corrected chi connectivity index (χ3v) is 3.82. The molecular formula is C17H9Cl2F2NO3. The summed E-state index contributed by atoms with van der Waals surface area (Å²) in [6.07, 6.45) is 0. The SMILES string of the molecule is O=C(OCc1cc(-c2ccc(F)cc2F)on1)c1cc(Cl)ccc1Cl. The standard InChI is InChI=1S/C17H9Cl2F2NO3/c18-9-1-4-14(19)13(5-9)17(23)24-8-11-7-16(25-22-11)12-3-2-10(20)6-15(12)21/h1-7H,8H2. The highest BCUT2D eigenvalue weighted by Crippen LogP contribution is 2.25. The highest BCUT2D eigenvalue weighted by Gasteiger charge is 2.16. The van der Waals surface area contributed by atoms with Crippen molar-refractivity contribution in [1.82, 2.24) is 5.16 Å². The van der Waals surface area contributed by atoms with Gasteiger partial charge in [0.1, 0.15) is 23.9 Å². The number of hydrogen-bond donors (Lipinski definition) is 0. The molecule has 128 valence electrons. The van der Waals surface area contributed by atoms with E-state index in [1.807, 2.05) is 0 Å². The van der Waals surface area contributed by atoms with E-state index in [1.54, 1.807) is 6.07 Å². The van der Waals surface area contributed by atoms with Gasteiger partial charge in [-0.15, -0.1) is 0 Å². The minimum Gasteiger partial charge on any atom is -0.455 e. The van der Waals surface area contributed by atoms with Gasteiger partial charge in [-0.3, -0.25) is 0 Å². The molecule has 0 amide bonds. The molecule has 0 atom stereocenters. The zero-order valence-electron chi connectivity index (χ0n) is 12.4.